The van der Waals surface area contributed by atoms with Gasteiger partial charge in [-0.25, -0.2) is 15.0 Å². The molecule has 306 valence electrons. The number of H-pyrrole nitrogens is 2. The third-order valence-corrected chi connectivity index (χ3v) is 14.7. The first-order chi connectivity index (χ1) is 28.9. The van der Waals surface area contributed by atoms with Crippen LogP contribution >= 0.6 is 0 Å². The molecule has 0 radical (unpaired) electrons. The van der Waals surface area contributed by atoms with E-state index in [-0.39, 0.29) is 0 Å². The van der Waals surface area contributed by atoms with Gasteiger partial charge in [0, 0.05) is 90.5 Å². The topological polar surface area (TPSA) is 124 Å². The number of hydrogen-bond donors (Lipinski definition) is 2. The highest BCUT2D eigenvalue weighted by Crippen LogP contribution is 2.44. The molecule has 12 rings (SSSR count). The number of nitrogens with one attached hydrogen (secondary N) is 2. The molecule has 0 aromatic carbocycles. The number of aromatic amines is 2. The first-order valence-corrected chi connectivity index (χ1v) is 22.0. The van der Waals surface area contributed by atoms with E-state index in [1.807, 2.05) is 23.9 Å². The summed E-state index contributed by atoms with van der Waals surface area (Å²) in [5, 5.41) is 7.31. The van der Waals surface area contributed by atoms with Crippen molar-refractivity contribution >= 4 is 0 Å². The molecule has 12 heterocycles. The molecule has 6 saturated heterocycles. The molecule has 6 fully saturated rings. The van der Waals surface area contributed by atoms with Crippen molar-refractivity contribution in [1.82, 2.24) is 59.4 Å². The van der Waals surface area contributed by atoms with Crippen LogP contribution in [0, 0.1) is 13.8 Å². The molecule has 12 nitrogen and oxygen atoms in total. The van der Waals surface area contributed by atoms with Gasteiger partial charge >= 0.3 is 0 Å². The molecule has 0 amide bonds. The maximum absolute atomic E-state index is 4.75. The van der Waals surface area contributed by atoms with Gasteiger partial charge in [-0.2, -0.15) is 5.10 Å². The van der Waals surface area contributed by atoms with Crippen LogP contribution in [-0.4, -0.2) is 118 Å². The van der Waals surface area contributed by atoms with Gasteiger partial charge in [-0.1, -0.05) is 18.2 Å². The molecule has 6 aliphatic heterocycles. The number of hydrogen-bond acceptors (Lipinski definition) is 9. The average Bonchev–Trinajstić information content (AvgIpc) is 4.16. The van der Waals surface area contributed by atoms with Crippen LogP contribution in [0.3, 0.4) is 0 Å². The number of rotatable bonds is 6. The molecular weight excluding hydrogens is 733 g/mol. The predicted octanol–water partition coefficient (Wildman–Crippen LogP) is 7.04. The zero-order valence-electron chi connectivity index (χ0n) is 34.8. The first-order valence-electron chi connectivity index (χ1n) is 22.0. The quantitative estimate of drug-likeness (QED) is 0.183. The highest BCUT2D eigenvalue weighted by Gasteiger charge is 2.44. The van der Waals surface area contributed by atoms with Crippen molar-refractivity contribution in [2.75, 3.05) is 58.9 Å². The van der Waals surface area contributed by atoms with Crippen molar-refractivity contribution in [2.24, 2.45) is 0 Å². The summed E-state index contributed by atoms with van der Waals surface area (Å²) < 4.78 is 1.95. The lowest BCUT2D eigenvalue weighted by molar-refractivity contribution is 0.243. The summed E-state index contributed by atoms with van der Waals surface area (Å²) in [5.41, 5.74) is 10.6. The number of fused-ring (bicyclic) bond motifs is 6. The average molecular weight is 791 g/mol. The Hall–Kier alpha value is -5.04. The van der Waals surface area contributed by atoms with Gasteiger partial charge in [-0.15, -0.1) is 0 Å². The molecule has 6 unspecified atom stereocenters. The Labute approximate surface area is 347 Å². The first kappa shape index (κ1) is 38.2. The van der Waals surface area contributed by atoms with E-state index >= 15 is 0 Å². The molecule has 6 atom stereocenters. The largest absolute Gasteiger partial charge is 0.343 e. The van der Waals surface area contributed by atoms with Crippen LogP contribution in [-0.2, 0) is 16.2 Å². The summed E-state index contributed by atoms with van der Waals surface area (Å²) in [4.78, 5) is 33.1. The zero-order chi connectivity index (χ0) is 39.9. The SMILES string of the molecule is Cc1n[nH]c(C)c1-c1ccc(C23CCCN(CC2)C3)cn1.c1c[nH]c(-c2ccc(C34CCCN(CC3)C4)cn2)n1.c1cn(-c2ccc(C34CCCN(CC3)C4)cn2)cn1. The zero-order valence-corrected chi connectivity index (χ0v) is 34.8. The Balaban J connectivity index is 0.000000107. The Kier molecular flexibility index (Phi) is 10.3. The van der Waals surface area contributed by atoms with Crippen LogP contribution in [0.5, 0.6) is 0 Å². The molecule has 12 heteroatoms. The summed E-state index contributed by atoms with van der Waals surface area (Å²) in [7, 11) is 0. The highest BCUT2D eigenvalue weighted by atomic mass is 15.2. The monoisotopic (exact) mass is 790 g/mol. The lowest BCUT2D eigenvalue weighted by atomic mass is 9.75. The highest BCUT2D eigenvalue weighted by molar-refractivity contribution is 5.64. The van der Waals surface area contributed by atoms with Gasteiger partial charge in [-0.05, 0) is 146 Å². The van der Waals surface area contributed by atoms with E-state index < -0.39 is 0 Å². The molecule has 6 aromatic heterocycles. The van der Waals surface area contributed by atoms with Crippen LogP contribution in [0.4, 0.5) is 0 Å². The van der Waals surface area contributed by atoms with Crippen molar-refractivity contribution in [1.29, 1.82) is 0 Å². The predicted molar refractivity (Wildman–Crippen MR) is 230 cm³/mol. The number of pyridine rings is 3. The summed E-state index contributed by atoms with van der Waals surface area (Å²) in [6.45, 7) is 15.3. The molecule has 0 aliphatic carbocycles. The van der Waals surface area contributed by atoms with Crippen molar-refractivity contribution < 1.29 is 0 Å². The Bertz CT molecular complexity index is 2160. The van der Waals surface area contributed by atoms with E-state index in [1.54, 1.807) is 18.7 Å². The number of nitrogens with zero attached hydrogens (tertiary/aromatic N) is 10. The smallest absolute Gasteiger partial charge is 0.155 e. The number of aromatic nitrogens is 9. The molecule has 6 bridgehead atoms. The minimum atomic E-state index is 0.365. The van der Waals surface area contributed by atoms with Crippen LogP contribution in [0.15, 0.2) is 86.1 Å². The molecule has 0 spiro atoms. The third-order valence-electron chi connectivity index (χ3n) is 14.7. The van der Waals surface area contributed by atoms with Gasteiger partial charge in [0.05, 0.1) is 11.4 Å². The number of aryl methyl sites for hydroxylation is 2. The Morgan fingerprint density at radius 3 is 1.58 bits per heavy atom. The molecule has 59 heavy (non-hydrogen) atoms. The summed E-state index contributed by atoms with van der Waals surface area (Å²) >= 11 is 0. The number of imidazole rings is 2. The molecule has 2 N–H and O–H groups in total. The minimum Gasteiger partial charge on any atom is -0.343 e. The maximum atomic E-state index is 4.75. The van der Waals surface area contributed by atoms with Gasteiger partial charge in [-0.3, -0.25) is 19.6 Å². The van der Waals surface area contributed by atoms with Gasteiger partial charge < -0.3 is 19.7 Å². The van der Waals surface area contributed by atoms with E-state index in [9.17, 15) is 0 Å². The van der Waals surface area contributed by atoms with Crippen molar-refractivity contribution in [3.05, 3.63) is 114 Å². The van der Waals surface area contributed by atoms with E-state index in [0.717, 1.165) is 40.0 Å². The standard InChI is InChI=1S/C17H22N4.2C15H18N4/c1-12-16(13(2)20-19-12)15-5-4-14(10-18-15)17-6-3-8-21(11-17)9-7-17;1-4-15(5-9-19(8-1)11-15)12-2-3-13(18-10-12)14-16-6-7-17-14;1-4-15(5-8-18(7-1)11-15)13-2-3-14(17-10-13)19-9-6-16-12-19/h4-5,10H,3,6-9,11H2,1-2H3,(H,19,20);2-3,6-7,10H,1,4-5,8-9,11H2,(H,16,17);2-3,6,9-10,12H,1,4-5,7-8,11H2. The maximum Gasteiger partial charge on any atom is 0.155 e. The Morgan fingerprint density at radius 1 is 0.576 bits per heavy atom. The van der Waals surface area contributed by atoms with Gasteiger partial charge in [0.2, 0.25) is 0 Å². The fraction of sp³-hybridized carbons (Fsp3) is 0.489. The molecular formula is C47H58N12. The van der Waals surface area contributed by atoms with Gasteiger partial charge in [0.1, 0.15) is 17.8 Å². The van der Waals surface area contributed by atoms with Gasteiger partial charge in [0.25, 0.3) is 0 Å². The minimum absolute atomic E-state index is 0.365. The van der Waals surface area contributed by atoms with E-state index in [2.05, 4.69) is 112 Å². The van der Waals surface area contributed by atoms with Crippen molar-refractivity contribution in [3.8, 4) is 28.6 Å². The van der Waals surface area contributed by atoms with Crippen LogP contribution in [0.1, 0.15) is 85.9 Å². The van der Waals surface area contributed by atoms with Crippen molar-refractivity contribution in [2.45, 2.75) is 87.9 Å². The van der Waals surface area contributed by atoms with Crippen LogP contribution < -0.4 is 0 Å². The second-order valence-corrected chi connectivity index (χ2v) is 18.2. The molecule has 6 aliphatic rings. The van der Waals surface area contributed by atoms with Gasteiger partial charge in [0.15, 0.2) is 5.82 Å². The lowest BCUT2D eigenvalue weighted by Crippen LogP contribution is -2.36. The van der Waals surface area contributed by atoms with Crippen molar-refractivity contribution in [3.63, 3.8) is 0 Å². The summed E-state index contributed by atoms with van der Waals surface area (Å²) in [6, 6.07) is 13.2. The fourth-order valence-electron chi connectivity index (χ4n) is 11.4. The van der Waals surface area contributed by atoms with E-state index in [4.69, 9.17) is 4.98 Å². The summed E-state index contributed by atoms with van der Waals surface area (Å²) in [6.07, 6.45) is 27.1. The second kappa shape index (κ2) is 15.9. The van der Waals surface area contributed by atoms with Crippen LogP contribution in [0.2, 0.25) is 0 Å². The Morgan fingerprint density at radius 2 is 1.14 bits per heavy atom. The normalized spacial score (nSPS) is 29.0. The molecule has 6 aromatic rings. The number of piperidine rings is 3. The lowest BCUT2D eigenvalue weighted by Gasteiger charge is -2.34. The van der Waals surface area contributed by atoms with E-state index in [1.165, 1.54) is 133 Å². The third kappa shape index (κ3) is 7.44. The van der Waals surface area contributed by atoms with E-state index in [0.29, 0.717) is 16.2 Å². The second-order valence-electron chi connectivity index (χ2n) is 18.2. The summed E-state index contributed by atoms with van der Waals surface area (Å²) in [5.74, 6) is 1.80. The molecule has 0 saturated carbocycles. The fourth-order valence-corrected chi connectivity index (χ4v) is 11.4. The van der Waals surface area contributed by atoms with Crippen LogP contribution in [0.25, 0.3) is 28.6 Å².